The molecule has 4 aliphatic heterocycles. The van der Waals surface area contributed by atoms with E-state index in [1.165, 1.54) is 11.3 Å². The van der Waals surface area contributed by atoms with Crippen molar-refractivity contribution < 1.29 is 33.4 Å². The summed E-state index contributed by atoms with van der Waals surface area (Å²) in [6.45, 7) is 8.32. The number of imide groups is 2. The average molecular weight is 867 g/mol. The minimum absolute atomic E-state index is 0.0855. The van der Waals surface area contributed by atoms with Crippen molar-refractivity contribution in [1.82, 2.24) is 34.8 Å². The lowest BCUT2D eigenvalue weighted by atomic mass is 9.97. The minimum Gasteiger partial charge on any atom is -0.496 e. The molecule has 17 heteroatoms. The Morgan fingerprint density at radius 2 is 1.50 bits per heavy atom. The first-order chi connectivity index (χ1) is 29.8. The molecule has 4 aliphatic rings. The Kier molecular flexibility index (Phi) is 12.5. The maximum absolute atomic E-state index is 13.5. The van der Waals surface area contributed by atoms with Gasteiger partial charge in [-0.2, -0.15) is 0 Å². The zero-order chi connectivity index (χ0) is 43.8. The number of aryl methyl sites for hydroxylation is 1. The van der Waals surface area contributed by atoms with Gasteiger partial charge in [0.25, 0.3) is 23.3 Å². The number of carbonyl (C=O) groups is 5. The van der Waals surface area contributed by atoms with Crippen molar-refractivity contribution in [3.63, 3.8) is 0 Å². The summed E-state index contributed by atoms with van der Waals surface area (Å²) in [5.74, 6) is -0.440. The van der Waals surface area contributed by atoms with Crippen LogP contribution in [0.2, 0.25) is 0 Å². The number of pyridine rings is 1. The summed E-state index contributed by atoms with van der Waals surface area (Å²) in [7, 11) is 8.96. The molecule has 1 unspecified atom stereocenters. The maximum atomic E-state index is 13.5. The molecule has 2 N–H and O–H groups in total. The van der Waals surface area contributed by atoms with Crippen molar-refractivity contribution in [2.75, 3.05) is 92.1 Å². The number of piperidine rings is 2. The standard InChI is InChI=1S/C45H54N8O8S/c1-48(2)25-34-36(60-4)20-28(21-37(34)61-5)33-26-49(3)43(57)32-23-38(62-40(32)33)42(56)46-24-27-10-12-50(13-11-27)14-15-51-16-18-52(19-17-51)29-6-7-30-31(22-29)45(59)53(44(30)58)35-8-9-39(54)47-41(35)55/h6-7,20-23,26-27,35H,8-19,24-25H2,1-5H3,(H,46,56)(H,47,54,55). The molecule has 16 nitrogen and oxygen atoms in total. The molecule has 62 heavy (non-hydrogen) atoms. The first kappa shape index (κ1) is 43.0. The molecule has 1 atom stereocenters. The number of benzene rings is 2. The number of hydrogen-bond donors (Lipinski definition) is 2. The second-order valence-corrected chi connectivity index (χ2v) is 18.0. The largest absolute Gasteiger partial charge is 0.496 e. The van der Waals surface area contributed by atoms with Crippen LogP contribution in [0.1, 0.15) is 61.6 Å². The summed E-state index contributed by atoms with van der Waals surface area (Å²) in [5.41, 5.74) is 3.88. The summed E-state index contributed by atoms with van der Waals surface area (Å²) < 4.78 is 13.9. The van der Waals surface area contributed by atoms with Crippen molar-refractivity contribution in [3.05, 3.63) is 74.5 Å². The first-order valence-electron chi connectivity index (χ1n) is 21.2. The number of fused-ring (bicyclic) bond motifs is 2. The van der Waals surface area contributed by atoms with Crippen LogP contribution in [0.4, 0.5) is 5.69 Å². The number of amides is 5. The Hall–Kier alpha value is -5.62. The van der Waals surface area contributed by atoms with Gasteiger partial charge in [-0.3, -0.25) is 43.9 Å². The highest BCUT2D eigenvalue weighted by Gasteiger charge is 2.45. The summed E-state index contributed by atoms with van der Waals surface area (Å²) in [4.78, 5) is 88.1. The van der Waals surface area contributed by atoms with E-state index in [0.717, 1.165) is 97.2 Å². The van der Waals surface area contributed by atoms with Crippen LogP contribution in [0.5, 0.6) is 11.5 Å². The van der Waals surface area contributed by atoms with E-state index in [-0.39, 0.29) is 29.9 Å². The van der Waals surface area contributed by atoms with Gasteiger partial charge >= 0.3 is 0 Å². The molecule has 328 valence electrons. The molecule has 0 radical (unpaired) electrons. The number of methoxy groups -OCH3 is 2. The number of rotatable bonds is 13. The molecule has 3 saturated heterocycles. The quantitative estimate of drug-likeness (QED) is 0.189. The van der Waals surface area contributed by atoms with E-state index in [0.29, 0.717) is 46.3 Å². The fourth-order valence-corrected chi connectivity index (χ4v) is 10.2. The second kappa shape index (κ2) is 18.0. The second-order valence-electron chi connectivity index (χ2n) is 16.9. The molecule has 0 saturated carbocycles. The van der Waals surface area contributed by atoms with Gasteiger partial charge in [-0.15, -0.1) is 11.3 Å². The summed E-state index contributed by atoms with van der Waals surface area (Å²) in [6, 6.07) is 9.95. The Labute approximate surface area is 364 Å². The van der Waals surface area contributed by atoms with Gasteiger partial charge in [0, 0.05) is 88.0 Å². The van der Waals surface area contributed by atoms with Crippen LogP contribution in [0.3, 0.4) is 0 Å². The molecule has 3 fully saturated rings. The predicted octanol–water partition coefficient (Wildman–Crippen LogP) is 3.01. The molecular formula is C45H54N8O8S. The van der Waals surface area contributed by atoms with Gasteiger partial charge in [0.05, 0.1) is 41.2 Å². The maximum Gasteiger partial charge on any atom is 0.262 e. The number of piperazine rings is 1. The van der Waals surface area contributed by atoms with E-state index in [4.69, 9.17) is 9.47 Å². The Morgan fingerprint density at radius 1 is 0.839 bits per heavy atom. The molecule has 8 rings (SSSR count). The number of thiophene rings is 1. The number of nitrogens with one attached hydrogen (secondary N) is 2. The van der Waals surface area contributed by atoms with E-state index in [2.05, 4.69) is 25.3 Å². The SMILES string of the molecule is COc1cc(-c2cn(C)c(=O)c3cc(C(=O)NCC4CCN(CCN5CCN(c6ccc7c(c6)C(=O)N(C6CCC(=O)NC6=O)C7=O)CC5)CC4)sc23)cc(OC)c1CN(C)C. The lowest BCUT2D eigenvalue weighted by molar-refractivity contribution is -0.136. The van der Waals surface area contributed by atoms with Crippen LogP contribution in [0, 0.1) is 5.92 Å². The smallest absolute Gasteiger partial charge is 0.262 e. The highest BCUT2D eigenvalue weighted by Crippen LogP contribution is 2.40. The number of likely N-dealkylation sites (tertiary alicyclic amines) is 1. The van der Waals surface area contributed by atoms with Gasteiger partial charge in [0.1, 0.15) is 17.5 Å². The molecule has 4 aromatic rings. The van der Waals surface area contributed by atoms with Crippen molar-refractivity contribution >= 4 is 56.6 Å². The van der Waals surface area contributed by atoms with Crippen molar-refractivity contribution in [3.8, 4) is 22.6 Å². The van der Waals surface area contributed by atoms with Crippen molar-refractivity contribution in [2.24, 2.45) is 13.0 Å². The molecule has 0 bridgehead atoms. The summed E-state index contributed by atoms with van der Waals surface area (Å²) in [6.07, 6.45) is 3.99. The molecule has 2 aromatic heterocycles. The first-order valence-corrected chi connectivity index (χ1v) is 22.0. The van der Waals surface area contributed by atoms with E-state index >= 15 is 0 Å². The topological polar surface area (TPSA) is 166 Å². The van der Waals surface area contributed by atoms with Crippen LogP contribution < -0.4 is 30.6 Å². The monoisotopic (exact) mass is 866 g/mol. The lowest BCUT2D eigenvalue weighted by Crippen LogP contribution is -2.54. The minimum atomic E-state index is -0.981. The molecule has 6 heterocycles. The van der Waals surface area contributed by atoms with Crippen LogP contribution in [0.15, 0.2) is 47.4 Å². The van der Waals surface area contributed by atoms with Gasteiger partial charge in [0.2, 0.25) is 11.8 Å². The number of carbonyl (C=O) groups excluding carboxylic acids is 5. The Morgan fingerprint density at radius 3 is 2.15 bits per heavy atom. The zero-order valence-corrected chi connectivity index (χ0v) is 36.8. The van der Waals surface area contributed by atoms with Gasteiger partial charge in [-0.25, -0.2) is 0 Å². The molecule has 0 spiro atoms. The van der Waals surface area contributed by atoms with Gasteiger partial charge in [-0.1, -0.05) is 0 Å². The Balaban J connectivity index is 0.809. The number of nitrogens with zero attached hydrogens (tertiary/aromatic N) is 6. The number of anilines is 1. The van der Waals surface area contributed by atoms with Crippen molar-refractivity contribution in [2.45, 2.75) is 38.3 Å². The van der Waals surface area contributed by atoms with Crippen LogP contribution in [-0.4, -0.2) is 147 Å². The van der Waals surface area contributed by atoms with Gasteiger partial charge in [-0.05, 0) is 94.3 Å². The van der Waals surface area contributed by atoms with E-state index in [1.54, 1.807) is 44.0 Å². The third kappa shape index (κ3) is 8.58. The third-order valence-electron chi connectivity index (χ3n) is 12.6. The fourth-order valence-electron chi connectivity index (χ4n) is 9.09. The average Bonchev–Trinajstić information content (AvgIpc) is 3.82. The molecule has 0 aliphatic carbocycles. The van der Waals surface area contributed by atoms with Crippen LogP contribution in [0.25, 0.3) is 21.2 Å². The number of ether oxygens (including phenoxy) is 2. The molecular weight excluding hydrogens is 813 g/mol. The normalized spacial score (nSPS) is 19.1. The van der Waals surface area contributed by atoms with E-state index < -0.39 is 29.7 Å². The number of aromatic nitrogens is 1. The summed E-state index contributed by atoms with van der Waals surface area (Å²) in [5, 5.41) is 5.90. The van der Waals surface area contributed by atoms with Gasteiger partial charge < -0.3 is 34.1 Å². The zero-order valence-electron chi connectivity index (χ0n) is 36.0. The van der Waals surface area contributed by atoms with Gasteiger partial charge in [0.15, 0.2) is 0 Å². The fraction of sp³-hybridized carbons (Fsp3) is 0.467. The van der Waals surface area contributed by atoms with Crippen LogP contribution >= 0.6 is 11.3 Å². The Bertz CT molecular complexity index is 2460. The molecule has 5 amide bonds. The third-order valence-corrected chi connectivity index (χ3v) is 13.8. The van der Waals surface area contributed by atoms with E-state index in [9.17, 15) is 28.8 Å². The highest BCUT2D eigenvalue weighted by atomic mass is 32.1. The highest BCUT2D eigenvalue weighted by molar-refractivity contribution is 7.21. The van der Waals surface area contributed by atoms with Crippen molar-refractivity contribution in [1.29, 1.82) is 0 Å². The molecule has 2 aromatic carbocycles. The number of hydrogen-bond acceptors (Lipinski definition) is 13. The summed E-state index contributed by atoms with van der Waals surface area (Å²) >= 11 is 1.33. The predicted molar refractivity (Wildman–Crippen MR) is 236 cm³/mol. The van der Waals surface area contributed by atoms with Crippen LogP contribution in [-0.2, 0) is 23.2 Å². The lowest BCUT2D eigenvalue weighted by Gasteiger charge is -2.38. The van der Waals surface area contributed by atoms with E-state index in [1.807, 2.05) is 43.4 Å².